The number of halogens is 1. The average molecular weight is 542 g/mol. The molecule has 2 aliphatic heterocycles. The minimum absolute atomic E-state index is 0.00251. The zero-order chi connectivity index (χ0) is 26.4. The normalized spacial score (nSPS) is 20.8. The SMILES string of the molecule is CC(C)(C)CC(=O)N1CCC2(CC1)CCN(C(=O)c1ccc3c(c1)C(NC(=O)c1sccc1Cl)CC3)C2. The van der Waals surface area contributed by atoms with Gasteiger partial charge in [-0.15, -0.1) is 11.3 Å². The highest BCUT2D eigenvalue weighted by atomic mass is 35.5. The zero-order valence-corrected chi connectivity index (χ0v) is 23.5. The highest BCUT2D eigenvalue weighted by molar-refractivity contribution is 7.12. The molecule has 2 aromatic rings. The maximum Gasteiger partial charge on any atom is 0.263 e. The molecule has 198 valence electrons. The van der Waals surface area contributed by atoms with E-state index in [1.807, 2.05) is 33.4 Å². The molecule has 1 aromatic carbocycles. The van der Waals surface area contributed by atoms with E-state index >= 15 is 0 Å². The molecule has 1 aromatic heterocycles. The third-order valence-corrected chi connectivity index (χ3v) is 9.52. The van der Waals surface area contributed by atoms with E-state index in [0.717, 1.165) is 63.8 Å². The molecular formula is C29H36ClN3O3S. The summed E-state index contributed by atoms with van der Waals surface area (Å²) >= 11 is 7.49. The van der Waals surface area contributed by atoms with Crippen molar-refractivity contribution in [2.75, 3.05) is 26.2 Å². The summed E-state index contributed by atoms with van der Waals surface area (Å²) in [6.45, 7) is 9.38. The molecule has 0 bridgehead atoms. The van der Waals surface area contributed by atoms with E-state index in [9.17, 15) is 14.4 Å². The van der Waals surface area contributed by atoms with Gasteiger partial charge in [0, 0.05) is 38.2 Å². The van der Waals surface area contributed by atoms with Crippen molar-refractivity contribution in [1.82, 2.24) is 15.1 Å². The molecule has 8 heteroatoms. The van der Waals surface area contributed by atoms with Crippen molar-refractivity contribution in [3.8, 4) is 0 Å². The number of hydrogen-bond donors (Lipinski definition) is 1. The number of nitrogens with zero attached hydrogens (tertiary/aromatic N) is 2. The second-order valence-corrected chi connectivity index (χ2v) is 13.5. The van der Waals surface area contributed by atoms with Crippen molar-refractivity contribution in [2.24, 2.45) is 10.8 Å². The first-order chi connectivity index (χ1) is 17.5. The molecule has 5 rings (SSSR count). The number of nitrogens with one attached hydrogen (secondary N) is 1. The molecule has 0 radical (unpaired) electrons. The quantitative estimate of drug-likeness (QED) is 0.539. The van der Waals surface area contributed by atoms with Gasteiger partial charge in [0.2, 0.25) is 5.91 Å². The number of thiophene rings is 1. The predicted octanol–water partition coefficient (Wildman–Crippen LogP) is 5.71. The summed E-state index contributed by atoms with van der Waals surface area (Å²) in [5.41, 5.74) is 3.01. The number of amides is 3. The van der Waals surface area contributed by atoms with Gasteiger partial charge >= 0.3 is 0 Å². The van der Waals surface area contributed by atoms with E-state index in [1.165, 1.54) is 16.9 Å². The summed E-state index contributed by atoms with van der Waals surface area (Å²) < 4.78 is 0. The number of hydrogen-bond acceptors (Lipinski definition) is 4. The van der Waals surface area contributed by atoms with Gasteiger partial charge < -0.3 is 15.1 Å². The van der Waals surface area contributed by atoms with Gasteiger partial charge in [0.25, 0.3) is 11.8 Å². The van der Waals surface area contributed by atoms with Crippen LogP contribution in [0.15, 0.2) is 29.6 Å². The minimum atomic E-state index is -0.164. The van der Waals surface area contributed by atoms with Crippen molar-refractivity contribution >= 4 is 40.7 Å². The van der Waals surface area contributed by atoms with E-state index < -0.39 is 0 Å². The van der Waals surface area contributed by atoms with Crippen LogP contribution < -0.4 is 5.32 Å². The number of benzene rings is 1. The van der Waals surface area contributed by atoms with E-state index in [4.69, 9.17) is 11.6 Å². The highest BCUT2D eigenvalue weighted by Gasteiger charge is 2.43. The van der Waals surface area contributed by atoms with Crippen molar-refractivity contribution in [3.05, 3.63) is 56.2 Å². The summed E-state index contributed by atoms with van der Waals surface area (Å²) in [7, 11) is 0. The number of aryl methyl sites for hydroxylation is 1. The predicted molar refractivity (Wildman–Crippen MR) is 147 cm³/mol. The molecule has 3 amide bonds. The van der Waals surface area contributed by atoms with Crippen molar-refractivity contribution in [2.45, 2.75) is 65.3 Å². The Hall–Kier alpha value is -2.38. The molecule has 37 heavy (non-hydrogen) atoms. The van der Waals surface area contributed by atoms with Gasteiger partial charge in [0.15, 0.2) is 0 Å². The molecule has 1 spiro atoms. The van der Waals surface area contributed by atoms with Crippen LogP contribution in [0.4, 0.5) is 0 Å². The van der Waals surface area contributed by atoms with Crippen molar-refractivity contribution in [3.63, 3.8) is 0 Å². The summed E-state index contributed by atoms with van der Waals surface area (Å²) in [5.74, 6) is 0.141. The fraction of sp³-hybridized carbons (Fsp3) is 0.552. The van der Waals surface area contributed by atoms with Crippen molar-refractivity contribution in [1.29, 1.82) is 0 Å². The largest absolute Gasteiger partial charge is 0.344 e. The van der Waals surface area contributed by atoms with E-state index in [1.54, 1.807) is 6.07 Å². The second kappa shape index (κ2) is 10.1. The summed E-state index contributed by atoms with van der Waals surface area (Å²) in [6, 6.07) is 7.56. The molecule has 2 fully saturated rings. The maximum absolute atomic E-state index is 13.5. The van der Waals surface area contributed by atoms with Crippen LogP contribution in [-0.4, -0.2) is 53.7 Å². The first-order valence-electron chi connectivity index (χ1n) is 13.3. The van der Waals surface area contributed by atoms with E-state index in [-0.39, 0.29) is 34.6 Å². The molecule has 1 N–H and O–H groups in total. The fourth-order valence-corrected chi connectivity index (χ4v) is 7.10. The topological polar surface area (TPSA) is 69.7 Å². The number of likely N-dealkylation sites (tertiary alicyclic amines) is 2. The Morgan fingerprint density at radius 1 is 1.08 bits per heavy atom. The lowest BCUT2D eigenvalue weighted by Crippen LogP contribution is -2.45. The van der Waals surface area contributed by atoms with Crippen LogP contribution in [0.25, 0.3) is 0 Å². The first kappa shape index (κ1) is 26.2. The van der Waals surface area contributed by atoms with Gasteiger partial charge in [0.05, 0.1) is 11.1 Å². The van der Waals surface area contributed by atoms with E-state index in [0.29, 0.717) is 21.9 Å². The van der Waals surface area contributed by atoms with Crippen LogP contribution in [0.3, 0.4) is 0 Å². The maximum atomic E-state index is 13.5. The monoisotopic (exact) mass is 541 g/mol. The smallest absolute Gasteiger partial charge is 0.263 e. The minimum Gasteiger partial charge on any atom is -0.344 e. The van der Waals surface area contributed by atoms with Crippen LogP contribution in [0.2, 0.25) is 5.02 Å². The molecule has 6 nitrogen and oxygen atoms in total. The molecule has 1 atom stereocenters. The van der Waals surface area contributed by atoms with Crippen LogP contribution in [0, 0.1) is 10.8 Å². The number of carbonyl (C=O) groups excluding carboxylic acids is 3. The van der Waals surface area contributed by atoms with Gasteiger partial charge in [0.1, 0.15) is 4.88 Å². The van der Waals surface area contributed by atoms with Gasteiger partial charge in [-0.1, -0.05) is 38.4 Å². The lowest BCUT2D eigenvalue weighted by molar-refractivity contribution is -0.135. The van der Waals surface area contributed by atoms with Gasteiger partial charge in [-0.2, -0.15) is 0 Å². The molecule has 3 heterocycles. The lowest BCUT2D eigenvalue weighted by atomic mass is 9.77. The number of piperidine rings is 1. The molecule has 0 saturated carbocycles. The zero-order valence-electron chi connectivity index (χ0n) is 21.9. The third-order valence-electron chi connectivity index (χ3n) is 8.18. The second-order valence-electron chi connectivity index (χ2n) is 12.2. The fourth-order valence-electron chi connectivity index (χ4n) is 6.06. The Morgan fingerprint density at radius 3 is 2.43 bits per heavy atom. The number of fused-ring (bicyclic) bond motifs is 1. The highest BCUT2D eigenvalue weighted by Crippen LogP contribution is 2.41. The Kier molecular flexibility index (Phi) is 7.14. The molecule has 2 saturated heterocycles. The Bertz CT molecular complexity index is 1210. The van der Waals surface area contributed by atoms with Gasteiger partial charge in [-0.05, 0) is 77.6 Å². The van der Waals surface area contributed by atoms with Crippen LogP contribution in [-0.2, 0) is 11.2 Å². The Balaban J connectivity index is 1.21. The number of rotatable bonds is 4. The summed E-state index contributed by atoms with van der Waals surface area (Å²) in [6.07, 6.45) is 5.17. The Morgan fingerprint density at radius 2 is 1.78 bits per heavy atom. The van der Waals surface area contributed by atoms with Gasteiger partial charge in [-0.3, -0.25) is 14.4 Å². The lowest BCUT2D eigenvalue weighted by Gasteiger charge is -2.40. The van der Waals surface area contributed by atoms with Crippen LogP contribution >= 0.6 is 22.9 Å². The standard InChI is InChI=1S/C29H36ClN3O3S/c1-28(2,3)17-24(34)32-12-9-29(10-13-32)11-14-33(18-29)27(36)20-5-4-19-6-7-23(21(19)16-20)31-26(35)25-22(30)8-15-37-25/h4-5,8,15-16,23H,6-7,9-14,17-18H2,1-3H3,(H,31,35). The third kappa shape index (κ3) is 5.58. The van der Waals surface area contributed by atoms with Gasteiger partial charge in [-0.25, -0.2) is 0 Å². The molecule has 3 aliphatic rings. The number of carbonyl (C=O) groups is 3. The summed E-state index contributed by atoms with van der Waals surface area (Å²) in [5, 5.41) is 5.40. The van der Waals surface area contributed by atoms with Crippen LogP contribution in [0.5, 0.6) is 0 Å². The van der Waals surface area contributed by atoms with E-state index in [2.05, 4.69) is 26.1 Å². The Labute approximate surface area is 228 Å². The first-order valence-corrected chi connectivity index (χ1v) is 14.5. The molecule has 1 unspecified atom stereocenters. The summed E-state index contributed by atoms with van der Waals surface area (Å²) in [4.78, 5) is 43.5. The average Bonchev–Trinajstić information content (AvgIpc) is 3.57. The molecular weight excluding hydrogens is 506 g/mol. The van der Waals surface area contributed by atoms with Crippen molar-refractivity contribution < 1.29 is 14.4 Å². The van der Waals surface area contributed by atoms with Crippen LogP contribution in [0.1, 0.15) is 90.1 Å². The molecule has 1 aliphatic carbocycles.